The molecule has 0 amide bonds. The van der Waals surface area contributed by atoms with Crippen molar-refractivity contribution < 1.29 is 4.74 Å². The molecule has 0 fully saturated rings. The van der Waals surface area contributed by atoms with Gasteiger partial charge in [-0.15, -0.1) is 0 Å². The lowest BCUT2D eigenvalue weighted by Gasteiger charge is -2.29. The molecule has 3 rings (SSSR count). The lowest BCUT2D eigenvalue weighted by molar-refractivity contribution is 0.246. The van der Waals surface area contributed by atoms with Gasteiger partial charge in [-0.25, -0.2) is 0 Å². The molecule has 0 spiro atoms. The van der Waals surface area contributed by atoms with Crippen LogP contribution in [0.4, 0.5) is 0 Å². The first kappa shape index (κ1) is 13.2. The summed E-state index contributed by atoms with van der Waals surface area (Å²) in [5, 5.41) is 3.73. The molecule has 1 unspecified atom stereocenters. The topological polar surface area (TPSA) is 21.3 Å². The Hall–Kier alpha value is -1.80. The average Bonchev–Trinajstić information content (AvgIpc) is 2.48. The van der Waals surface area contributed by atoms with Gasteiger partial charge >= 0.3 is 0 Å². The van der Waals surface area contributed by atoms with Crippen LogP contribution >= 0.6 is 0 Å². The molecule has 1 aliphatic rings. The number of benzene rings is 2. The van der Waals surface area contributed by atoms with Crippen molar-refractivity contribution in [2.75, 3.05) is 6.61 Å². The predicted molar refractivity (Wildman–Crippen MR) is 82.0 cm³/mol. The van der Waals surface area contributed by atoms with Gasteiger partial charge in [-0.2, -0.15) is 0 Å². The maximum Gasteiger partial charge on any atom is 0.124 e. The van der Waals surface area contributed by atoms with Crippen molar-refractivity contribution in [1.29, 1.82) is 0 Å². The molecule has 2 aromatic carbocycles. The number of fused-ring (bicyclic) bond motifs is 1. The summed E-state index contributed by atoms with van der Waals surface area (Å²) in [6, 6.07) is 17.8. The highest BCUT2D eigenvalue weighted by molar-refractivity contribution is 5.37. The van der Waals surface area contributed by atoms with E-state index in [1.165, 1.54) is 16.7 Å². The minimum Gasteiger partial charge on any atom is -0.493 e. The Kier molecular flexibility index (Phi) is 3.75. The molecule has 0 aromatic heterocycles. The van der Waals surface area contributed by atoms with Crippen LogP contribution in [-0.4, -0.2) is 6.61 Å². The van der Waals surface area contributed by atoms with E-state index in [0.29, 0.717) is 12.1 Å². The molecule has 1 heterocycles. The van der Waals surface area contributed by atoms with Crippen molar-refractivity contribution >= 4 is 0 Å². The second-order valence-electron chi connectivity index (χ2n) is 5.53. The molecule has 1 N–H and O–H groups in total. The van der Waals surface area contributed by atoms with Crippen LogP contribution in [0.15, 0.2) is 48.5 Å². The number of rotatable bonds is 3. The third-order valence-electron chi connectivity index (χ3n) is 3.99. The van der Waals surface area contributed by atoms with E-state index < -0.39 is 0 Å². The third kappa shape index (κ3) is 2.70. The summed E-state index contributed by atoms with van der Waals surface area (Å²) in [7, 11) is 0. The van der Waals surface area contributed by atoms with Gasteiger partial charge in [-0.3, -0.25) is 0 Å². The summed E-state index contributed by atoms with van der Waals surface area (Å²) < 4.78 is 5.72. The zero-order chi connectivity index (χ0) is 13.9. The molecule has 2 heteroatoms. The van der Waals surface area contributed by atoms with Crippen LogP contribution in [0.3, 0.4) is 0 Å². The van der Waals surface area contributed by atoms with Gasteiger partial charge in [-0.05, 0) is 25.5 Å². The van der Waals surface area contributed by atoms with Crippen LogP contribution in [0.25, 0.3) is 0 Å². The van der Waals surface area contributed by atoms with Gasteiger partial charge in [0.15, 0.2) is 0 Å². The van der Waals surface area contributed by atoms with Gasteiger partial charge in [0, 0.05) is 24.1 Å². The Bertz CT molecular complexity index is 576. The second-order valence-corrected chi connectivity index (χ2v) is 5.53. The Labute approximate surface area is 120 Å². The average molecular weight is 267 g/mol. The minimum absolute atomic E-state index is 0.340. The lowest BCUT2D eigenvalue weighted by atomic mass is 9.98. The third-order valence-corrected chi connectivity index (χ3v) is 3.99. The molecule has 0 aliphatic carbocycles. The normalized spacial score (nSPS) is 19.0. The van der Waals surface area contributed by atoms with Crippen LogP contribution in [-0.2, 0) is 0 Å². The zero-order valence-corrected chi connectivity index (χ0v) is 12.1. The number of aryl methyl sites for hydroxylation is 1. The molecule has 2 aromatic rings. The molecule has 0 bridgehead atoms. The first-order valence-electron chi connectivity index (χ1n) is 7.28. The predicted octanol–water partition coefficient (Wildman–Crippen LogP) is 4.17. The Morgan fingerprint density at radius 1 is 1.10 bits per heavy atom. The van der Waals surface area contributed by atoms with E-state index in [1.54, 1.807) is 0 Å². The highest BCUT2D eigenvalue weighted by atomic mass is 16.5. The van der Waals surface area contributed by atoms with Crippen LogP contribution in [0.2, 0.25) is 0 Å². The quantitative estimate of drug-likeness (QED) is 0.901. The maximum atomic E-state index is 5.72. The summed E-state index contributed by atoms with van der Waals surface area (Å²) in [4.78, 5) is 0. The highest BCUT2D eigenvalue weighted by Crippen LogP contribution is 2.33. The molecular formula is C18H21NO. The van der Waals surface area contributed by atoms with E-state index >= 15 is 0 Å². The van der Waals surface area contributed by atoms with Crippen molar-refractivity contribution in [3.05, 3.63) is 65.2 Å². The summed E-state index contributed by atoms with van der Waals surface area (Å²) in [6.45, 7) is 5.13. The van der Waals surface area contributed by atoms with Gasteiger partial charge in [0.05, 0.1) is 6.61 Å². The van der Waals surface area contributed by atoms with Crippen LogP contribution < -0.4 is 10.1 Å². The monoisotopic (exact) mass is 267 g/mol. The van der Waals surface area contributed by atoms with Crippen molar-refractivity contribution in [3.8, 4) is 5.75 Å². The van der Waals surface area contributed by atoms with E-state index in [1.807, 2.05) is 6.07 Å². The van der Waals surface area contributed by atoms with E-state index in [-0.39, 0.29) is 0 Å². The first-order chi connectivity index (χ1) is 9.74. The van der Waals surface area contributed by atoms with Crippen molar-refractivity contribution in [2.24, 2.45) is 0 Å². The molecule has 20 heavy (non-hydrogen) atoms. The summed E-state index contributed by atoms with van der Waals surface area (Å²) in [5.74, 6) is 1.02. The van der Waals surface area contributed by atoms with Crippen LogP contribution in [0, 0.1) is 6.92 Å². The SMILES string of the molecule is Cc1ccc([C@@H](C)NC2CCOc3ccccc32)cc1. The van der Waals surface area contributed by atoms with Gasteiger partial charge in [-0.1, -0.05) is 48.0 Å². The molecule has 0 saturated carbocycles. The lowest BCUT2D eigenvalue weighted by Crippen LogP contribution is -2.29. The molecule has 2 nitrogen and oxygen atoms in total. The standard InChI is InChI=1S/C18H21NO/c1-13-7-9-15(10-8-13)14(2)19-17-11-12-20-18-6-4-3-5-16(17)18/h3-10,14,17,19H,11-12H2,1-2H3/t14-,17?/m1/s1. The fourth-order valence-corrected chi connectivity index (χ4v) is 2.77. The summed E-state index contributed by atoms with van der Waals surface area (Å²) in [6.07, 6.45) is 1.02. The molecule has 1 aliphatic heterocycles. The van der Waals surface area contributed by atoms with E-state index in [4.69, 9.17) is 4.74 Å². The highest BCUT2D eigenvalue weighted by Gasteiger charge is 2.22. The zero-order valence-electron chi connectivity index (χ0n) is 12.1. The molecule has 0 saturated heterocycles. The first-order valence-corrected chi connectivity index (χ1v) is 7.28. The van der Waals surface area contributed by atoms with E-state index in [0.717, 1.165) is 18.8 Å². The van der Waals surface area contributed by atoms with Crippen molar-refractivity contribution in [2.45, 2.75) is 32.4 Å². The summed E-state index contributed by atoms with van der Waals surface area (Å²) in [5.41, 5.74) is 3.91. The molecular weight excluding hydrogens is 246 g/mol. The minimum atomic E-state index is 0.340. The van der Waals surface area contributed by atoms with Gasteiger partial charge in [0.25, 0.3) is 0 Å². The van der Waals surface area contributed by atoms with Crippen molar-refractivity contribution in [3.63, 3.8) is 0 Å². The number of hydrogen-bond donors (Lipinski definition) is 1. The van der Waals surface area contributed by atoms with Crippen LogP contribution in [0.5, 0.6) is 5.75 Å². The van der Waals surface area contributed by atoms with Gasteiger partial charge < -0.3 is 10.1 Å². The summed E-state index contributed by atoms with van der Waals surface area (Å²) >= 11 is 0. The number of para-hydroxylation sites is 1. The Balaban J connectivity index is 1.77. The van der Waals surface area contributed by atoms with Gasteiger partial charge in [0.2, 0.25) is 0 Å². The fraction of sp³-hybridized carbons (Fsp3) is 0.333. The smallest absolute Gasteiger partial charge is 0.124 e. The fourth-order valence-electron chi connectivity index (χ4n) is 2.77. The number of nitrogens with one attached hydrogen (secondary N) is 1. The molecule has 104 valence electrons. The van der Waals surface area contributed by atoms with Crippen LogP contribution in [0.1, 0.15) is 42.1 Å². The number of ether oxygens (including phenoxy) is 1. The van der Waals surface area contributed by atoms with E-state index in [2.05, 4.69) is 61.6 Å². The largest absolute Gasteiger partial charge is 0.493 e. The van der Waals surface area contributed by atoms with Crippen molar-refractivity contribution in [1.82, 2.24) is 5.32 Å². The second kappa shape index (κ2) is 5.68. The molecule has 2 atom stereocenters. The number of hydrogen-bond acceptors (Lipinski definition) is 2. The molecule has 0 radical (unpaired) electrons. The Morgan fingerprint density at radius 3 is 2.65 bits per heavy atom. The van der Waals surface area contributed by atoms with E-state index in [9.17, 15) is 0 Å². The Morgan fingerprint density at radius 2 is 1.85 bits per heavy atom. The maximum absolute atomic E-state index is 5.72. The van der Waals surface area contributed by atoms with Gasteiger partial charge in [0.1, 0.15) is 5.75 Å².